The van der Waals surface area contributed by atoms with E-state index in [1.54, 1.807) is 19.1 Å². The van der Waals surface area contributed by atoms with Crippen LogP contribution in [0.5, 0.6) is 0 Å². The van der Waals surface area contributed by atoms with Gasteiger partial charge in [-0.15, -0.1) is 11.3 Å². The third-order valence-electron chi connectivity index (χ3n) is 4.73. The number of thiophene rings is 1. The van der Waals surface area contributed by atoms with Crippen LogP contribution in [0.25, 0.3) is 15.9 Å². The summed E-state index contributed by atoms with van der Waals surface area (Å²) in [6.45, 7) is 5.57. The van der Waals surface area contributed by atoms with Gasteiger partial charge in [0, 0.05) is 23.0 Å². The van der Waals surface area contributed by atoms with E-state index in [9.17, 15) is 9.59 Å². The molecule has 0 aliphatic heterocycles. The molecule has 0 spiro atoms. The molecule has 0 radical (unpaired) electrons. The lowest BCUT2D eigenvalue weighted by molar-refractivity contribution is 0.0320. The van der Waals surface area contributed by atoms with E-state index in [4.69, 9.17) is 4.74 Å². The van der Waals surface area contributed by atoms with Gasteiger partial charge in [-0.3, -0.25) is 4.79 Å². The number of aromatic amines is 1. The second kappa shape index (κ2) is 7.09. The van der Waals surface area contributed by atoms with Crippen LogP contribution in [0.4, 0.5) is 0 Å². The Labute approximate surface area is 165 Å². The molecule has 0 aliphatic carbocycles. The van der Waals surface area contributed by atoms with Crippen molar-refractivity contribution in [1.29, 1.82) is 0 Å². The lowest BCUT2D eigenvalue weighted by Crippen LogP contribution is -2.17. The van der Waals surface area contributed by atoms with Crippen molar-refractivity contribution in [2.75, 3.05) is 0 Å². The molecule has 0 saturated carbocycles. The lowest BCUT2D eigenvalue weighted by Gasteiger charge is -2.13. The molecule has 4 aromatic rings. The van der Waals surface area contributed by atoms with Crippen LogP contribution >= 0.6 is 11.3 Å². The number of H-pyrrole nitrogens is 1. The Balaban J connectivity index is 1.54. The normalized spacial score (nSPS) is 12.2. The van der Waals surface area contributed by atoms with Crippen LogP contribution < -0.4 is 5.56 Å². The number of benzene rings is 1. The summed E-state index contributed by atoms with van der Waals surface area (Å²) in [5.74, 6) is -0.121. The maximum atomic E-state index is 12.5. The van der Waals surface area contributed by atoms with Crippen LogP contribution in [-0.2, 0) is 4.74 Å². The summed E-state index contributed by atoms with van der Waals surface area (Å²) < 4.78 is 7.47. The third kappa shape index (κ3) is 3.25. The first kappa shape index (κ1) is 18.2. The Hall–Kier alpha value is -3.19. The van der Waals surface area contributed by atoms with Gasteiger partial charge in [0.1, 0.15) is 4.83 Å². The van der Waals surface area contributed by atoms with E-state index < -0.39 is 12.1 Å². The predicted molar refractivity (Wildman–Crippen MR) is 109 cm³/mol. The zero-order chi connectivity index (χ0) is 19.8. The van der Waals surface area contributed by atoms with Gasteiger partial charge in [-0.25, -0.2) is 9.78 Å². The van der Waals surface area contributed by atoms with E-state index >= 15 is 0 Å². The van der Waals surface area contributed by atoms with E-state index in [0.717, 1.165) is 16.1 Å². The molecule has 142 valence electrons. The number of carbonyl (C=O) groups excluding carboxylic acids is 1. The van der Waals surface area contributed by atoms with Gasteiger partial charge in [0.15, 0.2) is 11.9 Å². The van der Waals surface area contributed by atoms with Gasteiger partial charge in [0.05, 0.1) is 10.9 Å². The van der Waals surface area contributed by atoms with Crippen molar-refractivity contribution in [3.05, 3.63) is 81.0 Å². The van der Waals surface area contributed by atoms with E-state index in [0.29, 0.717) is 21.6 Å². The first-order valence-electron chi connectivity index (χ1n) is 8.88. The molecule has 6 nitrogen and oxygen atoms in total. The van der Waals surface area contributed by atoms with Crippen LogP contribution in [0.15, 0.2) is 53.6 Å². The number of rotatable bonds is 4. The van der Waals surface area contributed by atoms with Crippen LogP contribution in [0.3, 0.4) is 0 Å². The van der Waals surface area contributed by atoms with Gasteiger partial charge in [-0.05, 0) is 62.7 Å². The van der Waals surface area contributed by atoms with Crippen molar-refractivity contribution in [3.8, 4) is 5.69 Å². The van der Waals surface area contributed by atoms with Gasteiger partial charge in [-0.2, -0.15) is 0 Å². The van der Waals surface area contributed by atoms with Gasteiger partial charge < -0.3 is 14.3 Å². The number of esters is 1. The summed E-state index contributed by atoms with van der Waals surface area (Å²) in [5, 5.41) is 0.602. The molecule has 0 aliphatic rings. The molecule has 0 amide bonds. The van der Waals surface area contributed by atoms with Crippen LogP contribution in [0.1, 0.15) is 39.7 Å². The summed E-state index contributed by atoms with van der Waals surface area (Å²) in [7, 11) is 0. The largest absolute Gasteiger partial charge is 0.451 e. The molecule has 0 unspecified atom stereocenters. The number of fused-ring (bicyclic) bond motifs is 1. The highest BCUT2D eigenvalue weighted by Gasteiger charge is 2.19. The van der Waals surface area contributed by atoms with Crippen molar-refractivity contribution in [2.45, 2.75) is 26.9 Å². The number of ether oxygens (including phenoxy) is 1. The fraction of sp³-hybridized carbons (Fsp3) is 0.190. The van der Waals surface area contributed by atoms with Gasteiger partial charge in [-0.1, -0.05) is 0 Å². The standard InChI is InChI=1S/C21H19N3O3S/c1-12-14(3)28-20-17(12)19(25)22-18(23-20)13(2)27-21(26)15-6-8-16(9-7-15)24-10-4-5-11-24/h4-11,13H,1-3H3,(H,22,23,25)/t13-/m0/s1. The molecule has 4 rings (SSSR count). The first-order valence-corrected chi connectivity index (χ1v) is 9.70. The van der Waals surface area contributed by atoms with Gasteiger partial charge >= 0.3 is 5.97 Å². The highest BCUT2D eigenvalue weighted by Crippen LogP contribution is 2.27. The SMILES string of the molecule is Cc1sc2nc([C@H](C)OC(=O)c3ccc(-n4cccc4)cc3)[nH]c(=O)c2c1C. The topological polar surface area (TPSA) is 77.0 Å². The van der Waals surface area contributed by atoms with Crippen molar-refractivity contribution < 1.29 is 9.53 Å². The number of aromatic nitrogens is 3. The Morgan fingerprint density at radius 1 is 1.18 bits per heavy atom. The molecular formula is C21H19N3O3S. The average Bonchev–Trinajstić information content (AvgIpc) is 3.31. The molecule has 0 fully saturated rings. The van der Waals surface area contributed by atoms with E-state index in [1.807, 2.05) is 55.1 Å². The molecule has 0 saturated heterocycles. The number of hydrogen-bond acceptors (Lipinski definition) is 5. The molecule has 3 heterocycles. The molecule has 0 bridgehead atoms. The highest BCUT2D eigenvalue weighted by molar-refractivity contribution is 7.18. The number of nitrogens with zero attached hydrogens (tertiary/aromatic N) is 2. The average molecular weight is 393 g/mol. The molecule has 7 heteroatoms. The molecule has 1 aromatic carbocycles. The van der Waals surface area contributed by atoms with E-state index in [-0.39, 0.29) is 5.56 Å². The van der Waals surface area contributed by atoms with E-state index in [2.05, 4.69) is 9.97 Å². The fourth-order valence-electron chi connectivity index (χ4n) is 3.02. The second-order valence-electron chi connectivity index (χ2n) is 6.60. The summed E-state index contributed by atoms with van der Waals surface area (Å²) in [6.07, 6.45) is 3.19. The monoisotopic (exact) mass is 393 g/mol. The van der Waals surface area contributed by atoms with E-state index in [1.165, 1.54) is 11.3 Å². The van der Waals surface area contributed by atoms with Gasteiger partial charge in [0.2, 0.25) is 0 Å². The molecule has 1 atom stereocenters. The van der Waals surface area contributed by atoms with Crippen molar-refractivity contribution >= 4 is 27.5 Å². The smallest absolute Gasteiger partial charge is 0.338 e. The maximum absolute atomic E-state index is 12.5. The maximum Gasteiger partial charge on any atom is 0.338 e. The van der Waals surface area contributed by atoms with Gasteiger partial charge in [0.25, 0.3) is 5.56 Å². The minimum atomic E-state index is -0.670. The fourth-order valence-corrected chi connectivity index (χ4v) is 4.06. The second-order valence-corrected chi connectivity index (χ2v) is 7.80. The Morgan fingerprint density at radius 3 is 2.54 bits per heavy atom. The molecular weight excluding hydrogens is 374 g/mol. The highest BCUT2D eigenvalue weighted by atomic mass is 32.1. The molecule has 3 aromatic heterocycles. The zero-order valence-corrected chi connectivity index (χ0v) is 16.5. The summed E-state index contributed by atoms with van der Waals surface area (Å²) in [5.41, 5.74) is 2.12. The Bertz CT molecular complexity index is 1200. The third-order valence-corrected chi connectivity index (χ3v) is 5.83. The quantitative estimate of drug-likeness (QED) is 0.524. The number of hydrogen-bond donors (Lipinski definition) is 1. The van der Waals surface area contributed by atoms with Crippen LogP contribution in [0.2, 0.25) is 0 Å². The van der Waals surface area contributed by atoms with Crippen LogP contribution in [-0.4, -0.2) is 20.5 Å². The first-order chi connectivity index (χ1) is 13.4. The van der Waals surface area contributed by atoms with Crippen LogP contribution in [0, 0.1) is 13.8 Å². The zero-order valence-electron chi connectivity index (χ0n) is 15.7. The van der Waals surface area contributed by atoms with Crippen molar-refractivity contribution in [1.82, 2.24) is 14.5 Å². The summed E-state index contributed by atoms with van der Waals surface area (Å²) in [4.78, 5) is 33.9. The summed E-state index contributed by atoms with van der Waals surface area (Å²) in [6, 6.07) is 11.0. The molecule has 28 heavy (non-hydrogen) atoms. The Kier molecular flexibility index (Phi) is 4.60. The molecule has 1 N–H and O–H groups in total. The lowest BCUT2D eigenvalue weighted by atomic mass is 10.2. The summed E-state index contributed by atoms with van der Waals surface area (Å²) >= 11 is 1.47. The van der Waals surface area contributed by atoms with Crippen molar-refractivity contribution in [3.63, 3.8) is 0 Å². The Morgan fingerprint density at radius 2 is 1.86 bits per heavy atom. The number of nitrogens with one attached hydrogen (secondary N) is 1. The number of carbonyl (C=O) groups is 1. The number of aryl methyl sites for hydroxylation is 2. The minimum absolute atomic E-state index is 0.208. The predicted octanol–water partition coefficient (Wildman–Crippen LogP) is 4.31. The van der Waals surface area contributed by atoms with Crippen molar-refractivity contribution in [2.24, 2.45) is 0 Å². The minimum Gasteiger partial charge on any atom is -0.451 e.